The van der Waals surface area contributed by atoms with E-state index in [2.05, 4.69) is 37.4 Å². The highest BCUT2D eigenvalue weighted by molar-refractivity contribution is 5.38. The van der Waals surface area contributed by atoms with E-state index in [0.717, 1.165) is 31.2 Å². The minimum absolute atomic E-state index is 0.585. The molecule has 1 aromatic rings. The number of hydrogen-bond donors (Lipinski definition) is 1. The van der Waals surface area contributed by atoms with Gasteiger partial charge in [0, 0.05) is 0 Å². The van der Waals surface area contributed by atoms with Gasteiger partial charge in [0.15, 0.2) is 0 Å². The van der Waals surface area contributed by atoms with Gasteiger partial charge in [-0.05, 0) is 55.0 Å². The van der Waals surface area contributed by atoms with E-state index in [-0.39, 0.29) is 0 Å². The molecule has 1 aromatic carbocycles. The molecule has 0 radical (unpaired) electrons. The fourth-order valence-electron chi connectivity index (χ4n) is 2.52. The van der Waals surface area contributed by atoms with E-state index in [0.29, 0.717) is 5.92 Å². The molecule has 17 heavy (non-hydrogen) atoms. The van der Waals surface area contributed by atoms with E-state index >= 15 is 0 Å². The van der Waals surface area contributed by atoms with Crippen LogP contribution in [0.15, 0.2) is 18.2 Å². The molecule has 0 saturated carbocycles. The summed E-state index contributed by atoms with van der Waals surface area (Å²) in [5.74, 6) is 2.40. The van der Waals surface area contributed by atoms with Crippen molar-refractivity contribution >= 4 is 0 Å². The minimum atomic E-state index is 0.585. The standard InChI is InChI=1S/C15H23NO/c1-11(2)13-4-5-15(17-3)14(9-13)8-12-6-7-16-10-12/h4-5,9,11-12,16H,6-8,10H2,1-3H3. The second-order valence-corrected chi connectivity index (χ2v) is 5.29. The van der Waals surface area contributed by atoms with Crippen molar-refractivity contribution in [2.24, 2.45) is 5.92 Å². The van der Waals surface area contributed by atoms with E-state index < -0.39 is 0 Å². The van der Waals surface area contributed by atoms with Crippen LogP contribution in [-0.2, 0) is 6.42 Å². The van der Waals surface area contributed by atoms with Gasteiger partial charge in [0.1, 0.15) is 5.75 Å². The van der Waals surface area contributed by atoms with Gasteiger partial charge in [-0.1, -0.05) is 26.0 Å². The van der Waals surface area contributed by atoms with Crippen LogP contribution in [0.3, 0.4) is 0 Å². The second-order valence-electron chi connectivity index (χ2n) is 5.29. The van der Waals surface area contributed by atoms with E-state index in [9.17, 15) is 0 Å². The van der Waals surface area contributed by atoms with Gasteiger partial charge in [0.05, 0.1) is 7.11 Å². The van der Waals surface area contributed by atoms with Crippen LogP contribution >= 0.6 is 0 Å². The molecule has 1 N–H and O–H groups in total. The average Bonchev–Trinajstić information content (AvgIpc) is 2.81. The molecule has 1 saturated heterocycles. The molecule has 0 aromatic heterocycles. The SMILES string of the molecule is COc1ccc(C(C)C)cc1CC1CCNC1. The Labute approximate surface area is 104 Å². The van der Waals surface area contributed by atoms with E-state index in [1.807, 2.05) is 0 Å². The fraction of sp³-hybridized carbons (Fsp3) is 0.600. The van der Waals surface area contributed by atoms with Crippen LogP contribution in [0.25, 0.3) is 0 Å². The zero-order valence-corrected chi connectivity index (χ0v) is 11.1. The Morgan fingerprint density at radius 2 is 2.24 bits per heavy atom. The highest BCUT2D eigenvalue weighted by atomic mass is 16.5. The summed E-state index contributed by atoms with van der Waals surface area (Å²) in [7, 11) is 1.76. The quantitative estimate of drug-likeness (QED) is 0.863. The molecule has 2 heteroatoms. The fourth-order valence-corrected chi connectivity index (χ4v) is 2.52. The van der Waals surface area contributed by atoms with Crippen molar-refractivity contribution in [3.05, 3.63) is 29.3 Å². The average molecular weight is 233 g/mol. The Balaban J connectivity index is 2.19. The zero-order valence-electron chi connectivity index (χ0n) is 11.1. The molecule has 0 amide bonds. The minimum Gasteiger partial charge on any atom is -0.496 e. The van der Waals surface area contributed by atoms with E-state index in [1.165, 1.54) is 17.5 Å². The van der Waals surface area contributed by atoms with Crippen LogP contribution in [0.4, 0.5) is 0 Å². The molecule has 1 atom stereocenters. The van der Waals surface area contributed by atoms with Crippen molar-refractivity contribution in [3.8, 4) is 5.75 Å². The van der Waals surface area contributed by atoms with Gasteiger partial charge in [-0.2, -0.15) is 0 Å². The van der Waals surface area contributed by atoms with Crippen LogP contribution in [0.1, 0.15) is 37.3 Å². The lowest BCUT2D eigenvalue weighted by Crippen LogP contribution is -2.11. The summed E-state index contributed by atoms with van der Waals surface area (Å²) in [6.07, 6.45) is 2.42. The lowest BCUT2D eigenvalue weighted by atomic mass is 9.94. The van der Waals surface area contributed by atoms with E-state index in [1.54, 1.807) is 7.11 Å². The van der Waals surface area contributed by atoms with Gasteiger partial charge in [0.2, 0.25) is 0 Å². The molecular formula is C15H23NO. The maximum Gasteiger partial charge on any atom is 0.122 e. The van der Waals surface area contributed by atoms with Crippen LogP contribution in [-0.4, -0.2) is 20.2 Å². The maximum absolute atomic E-state index is 5.47. The molecule has 2 nitrogen and oxygen atoms in total. The lowest BCUT2D eigenvalue weighted by Gasteiger charge is -2.15. The number of methoxy groups -OCH3 is 1. The summed E-state index contributed by atoms with van der Waals surface area (Å²) < 4.78 is 5.47. The number of rotatable bonds is 4. The smallest absolute Gasteiger partial charge is 0.122 e. The third-order valence-corrected chi connectivity index (χ3v) is 3.64. The Morgan fingerprint density at radius 3 is 2.82 bits per heavy atom. The Hall–Kier alpha value is -1.02. The summed E-state index contributed by atoms with van der Waals surface area (Å²) in [4.78, 5) is 0. The van der Waals surface area contributed by atoms with Crippen LogP contribution in [0, 0.1) is 5.92 Å². The Morgan fingerprint density at radius 1 is 1.41 bits per heavy atom. The molecule has 1 heterocycles. The Bertz CT molecular complexity index is 367. The summed E-state index contributed by atoms with van der Waals surface area (Å²) in [5, 5.41) is 3.43. The van der Waals surface area contributed by atoms with Crippen molar-refractivity contribution in [3.63, 3.8) is 0 Å². The first-order valence-electron chi connectivity index (χ1n) is 6.58. The topological polar surface area (TPSA) is 21.3 Å². The van der Waals surface area contributed by atoms with Gasteiger partial charge >= 0.3 is 0 Å². The first-order valence-corrected chi connectivity index (χ1v) is 6.58. The van der Waals surface area contributed by atoms with E-state index in [4.69, 9.17) is 4.74 Å². The molecular weight excluding hydrogens is 210 g/mol. The molecule has 1 aliphatic rings. The number of hydrogen-bond acceptors (Lipinski definition) is 2. The van der Waals surface area contributed by atoms with Crippen molar-refractivity contribution < 1.29 is 4.74 Å². The summed E-state index contributed by atoms with van der Waals surface area (Å²) in [6, 6.07) is 6.62. The summed E-state index contributed by atoms with van der Waals surface area (Å²) in [6.45, 7) is 6.79. The molecule has 2 rings (SSSR count). The molecule has 0 spiro atoms. The summed E-state index contributed by atoms with van der Waals surface area (Å²) in [5.41, 5.74) is 2.78. The predicted octanol–water partition coefficient (Wildman–Crippen LogP) is 2.97. The third kappa shape index (κ3) is 3.01. The van der Waals surface area contributed by atoms with Crippen molar-refractivity contribution in [1.29, 1.82) is 0 Å². The number of ether oxygens (including phenoxy) is 1. The molecule has 1 fully saturated rings. The largest absolute Gasteiger partial charge is 0.496 e. The molecule has 0 aliphatic carbocycles. The highest BCUT2D eigenvalue weighted by Gasteiger charge is 2.17. The van der Waals surface area contributed by atoms with Gasteiger partial charge in [0.25, 0.3) is 0 Å². The molecule has 1 aliphatic heterocycles. The van der Waals surface area contributed by atoms with Crippen molar-refractivity contribution in [2.45, 2.75) is 32.6 Å². The predicted molar refractivity (Wildman–Crippen MR) is 71.8 cm³/mol. The molecule has 1 unspecified atom stereocenters. The third-order valence-electron chi connectivity index (χ3n) is 3.64. The molecule has 94 valence electrons. The zero-order chi connectivity index (χ0) is 12.3. The lowest BCUT2D eigenvalue weighted by molar-refractivity contribution is 0.405. The van der Waals surface area contributed by atoms with Gasteiger partial charge in [-0.25, -0.2) is 0 Å². The van der Waals surface area contributed by atoms with Crippen LogP contribution in [0.5, 0.6) is 5.75 Å². The number of benzene rings is 1. The first-order chi connectivity index (χ1) is 8.20. The normalized spacial score (nSPS) is 19.9. The number of nitrogens with one attached hydrogen (secondary N) is 1. The molecule has 0 bridgehead atoms. The summed E-state index contributed by atoms with van der Waals surface area (Å²) >= 11 is 0. The second kappa shape index (κ2) is 5.54. The highest BCUT2D eigenvalue weighted by Crippen LogP contribution is 2.27. The van der Waals surface area contributed by atoms with Crippen LogP contribution in [0.2, 0.25) is 0 Å². The van der Waals surface area contributed by atoms with Crippen LogP contribution < -0.4 is 10.1 Å². The van der Waals surface area contributed by atoms with Gasteiger partial charge in [-0.3, -0.25) is 0 Å². The van der Waals surface area contributed by atoms with Crippen molar-refractivity contribution in [1.82, 2.24) is 5.32 Å². The first kappa shape index (κ1) is 12.4. The van der Waals surface area contributed by atoms with Gasteiger partial charge in [-0.15, -0.1) is 0 Å². The Kier molecular flexibility index (Phi) is 4.06. The monoisotopic (exact) mass is 233 g/mol. The van der Waals surface area contributed by atoms with Gasteiger partial charge < -0.3 is 10.1 Å². The van der Waals surface area contributed by atoms with Crippen molar-refractivity contribution in [2.75, 3.05) is 20.2 Å². The maximum atomic E-state index is 5.47.